The van der Waals surface area contributed by atoms with Crippen LogP contribution in [0.15, 0.2) is 35.7 Å². The van der Waals surface area contributed by atoms with Crippen LogP contribution in [0.25, 0.3) is 6.08 Å². The molecule has 0 radical (unpaired) electrons. The van der Waals surface area contributed by atoms with E-state index < -0.39 is 4.92 Å². The highest BCUT2D eigenvalue weighted by Crippen LogP contribution is 2.23. The van der Waals surface area contributed by atoms with Crippen molar-refractivity contribution >= 4 is 29.0 Å². The Balaban J connectivity index is 1.97. The predicted octanol–water partition coefficient (Wildman–Crippen LogP) is 3.68. The number of benzene rings is 1. The molecule has 0 saturated carbocycles. The molecule has 0 atom stereocenters. The summed E-state index contributed by atoms with van der Waals surface area (Å²) in [6.07, 6.45) is 2.73. The Bertz CT molecular complexity index is 775. The number of nitrogens with zero attached hydrogens (tertiary/aromatic N) is 2. The molecule has 0 spiro atoms. The molecule has 0 aliphatic heterocycles. The van der Waals surface area contributed by atoms with E-state index in [0.29, 0.717) is 12.1 Å². The first-order valence-electron chi connectivity index (χ1n) is 7.41. The molecule has 1 amide bonds. The molecular weight excluding hydrogens is 326 g/mol. The van der Waals surface area contributed by atoms with Crippen molar-refractivity contribution in [2.24, 2.45) is 0 Å². The van der Waals surface area contributed by atoms with Gasteiger partial charge in [0, 0.05) is 22.9 Å². The maximum atomic E-state index is 11.9. The number of hydrogen-bond acceptors (Lipinski definition) is 5. The van der Waals surface area contributed by atoms with E-state index in [2.05, 4.69) is 31.1 Å². The van der Waals surface area contributed by atoms with Crippen LogP contribution in [0, 0.1) is 10.1 Å². The van der Waals surface area contributed by atoms with Crippen LogP contribution in [-0.2, 0) is 16.8 Å². The van der Waals surface area contributed by atoms with E-state index in [4.69, 9.17) is 0 Å². The third-order valence-corrected chi connectivity index (χ3v) is 4.13. The van der Waals surface area contributed by atoms with Gasteiger partial charge in [-0.15, -0.1) is 11.3 Å². The monoisotopic (exact) mass is 345 g/mol. The predicted molar refractivity (Wildman–Crippen MR) is 94.8 cm³/mol. The Labute approximate surface area is 144 Å². The van der Waals surface area contributed by atoms with E-state index in [1.165, 1.54) is 29.6 Å². The summed E-state index contributed by atoms with van der Waals surface area (Å²) in [5.41, 5.74) is 1.33. The standard InChI is InChI=1S/C17H19N3O3S/c1-17(2,3)14-11-24-16(19-14)10-18-15(21)9-8-12-6-4-5-7-13(12)20(22)23/h4-9,11H,10H2,1-3H3,(H,18,21). The van der Waals surface area contributed by atoms with Crippen molar-refractivity contribution in [2.75, 3.05) is 0 Å². The molecule has 0 bridgehead atoms. The molecule has 24 heavy (non-hydrogen) atoms. The van der Waals surface area contributed by atoms with Crippen molar-refractivity contribution in [3.63, 3.8) is 0 Å². The molecule has 1 N–H and O–H groups in total. The molecule has 6 nitrogen and oxygen atoms in total. The van der Waals surface area contributed by atoms with Gasteiger partial charge in [-0.05, 0) is 12.1 Å². The Hall–Kier alpha value is -2.54. The largest absolute Gasteiger partial charge is 0.346 e. The normalized spacial score (nSPS) is 11.6. The lowest BCUT2D eigenvalue weighted by atomic mass is 9.93. The lowest BCUT2D eigenvalue weighted by Gasteiger charge is -2.14. The van der Waals surface area contributed by atoms with Gasteiger partial charge in [-0.3, -0.25) is 14.9 Å². The molecule has 1 aromatic heterocycles. The van der Waals surface area contributed by atoms with Crippen LogP contribution < -0.4 is 5.32 Å². The number of nitro benzene ring substituents is 1. The Morgan fingerprint density at radius 1 is 1.38 bits per heavy atom. The second kappa shape index (κ2) is 7.35. The van der Waals surface area contributed by atoms with Crippen molar-refractivity contribution in [1.82, 2.24) is 10.3 Å². The van der Waals surface area contributed by atoms with Crippen LogP contribution in [0.3, 0.4) is 0 Å². The first-order chi connectivity index (χ1) is 11.3. The summed E-state index contributed by atoms with van der Waals surface area (Å²) in [7, 11) is 0. The van der Waals surface area contributed by atoms with Gasteiger partial charge in [-0.2, -0.15) is 0 Å². The summed E-state index contributed by atoms with van der Waals surface area (Å²) >= 11 is 1.50. The number of carbonyl (C=O) groups is 1. The Kier molecular flexibility index (Phi) is 5.46. The van der Waals surface area contributed by atoms with E-state index in [9.17, 15) is 14.9 Å². The van der Waals surface area contributed by atoms with Crippen molar-refractivity contribution in [1.29, 1.82) is 0 Å². The van der Waals surface area contributed by atoms with Crippen molar-refractivity contribution in [3.8, 4) is 0 Å². The molecule has 0 unspecified atom stereocenters. The fraction of sp³-hybridized carbons (Fsp3) is 0.294. The highest BCUT2D eigenvalue weighted by atomic mass is 32.1. The lowest BCUT2D eigenvalue weighted by molar-refractivity contribution is -0.385. The van der Waals surface area contributed by atoms with E-state index in [1.807, 2.05) is 5.38 Å². The van der Waals surface area contributed by atoms with Crippen molar-refractivity contribution in [3.05, 3.63) is 62.1 Å². The van der Waals surface area contributed by atoms with Gasteiger partial charge in [0.25, 0.3) is 5.69 Å². The molecule has 7 heteroatoms. The van der Waals surface area contributed by atoms with E-state index in [0.717, 1.165) is 10.7 Å². The minimum absolute atomic E-state index is 0.0229. The van der Waals surface area contributed by atoms with Crippen molar-refractivity contribution in [2.45, 2.75) is 32.7 Å². The second-order valence-corrected chi connectivity index (χ2v) is 7.19. The second-order valence-electron chi connectivity index (χ2n) is 6.24. The van der Waals surface area contributed by atoms with Gasteiger partial charge >= 0.3 is 0 Å². The molecule has 126 valence electrons. The van der Waals surface area contributed by atoms with Gasteiger partial charge in [0.15, 0.2) is 0 Å². The number of para-hydroxylation sites is 1. The minimum atomic E-state index is -0.471. The first kappa shape index (κ1) is 17.8. The van der Waals surface area contributed by atoms with Crippen LogP contribution in [0.5, 0.6) is 0 Å². The quantitative estimate of drug-likeness (QED) is 0.509. The maximum absolute atomic E-state index is 11.9. The highest BCUT2D eigenvalue weighted by molar-refractivity contribution is 7.09. The van der Waals surface area contributed by atoms with E-state index in [-0.39, 0.29) is 17.0 Å². The summed E-state index contributed by atoms with van der Waals surface area (Å²) in [6.45, 7) is 6.58. The average Bonchev–Trinajstić information content (AvgIpc) is 3.00. The number of thiazole rings is 1. The molecular formula is C17H19N3O3S. The average molecular weight is 345 g/mol. The van der Waals surface area contributed by atoms with Gasteiger partial charge in [-0.1, -0.05) is 32.9 Å². The molecule has 1 aromatic carbocycles. The number of amides is 1. The SMILES string of the molecule is CC(C)(C)c1csc(CNC(=O)C=Cc2ccccc2[N+](=O)[O-])n1. The third kappa shape index (κ3) is 4.73. The Morgan fingerprint density at radius 3 is 2.71 bits per heavy atom. The lowest BCUT2D eigenvalue weighted by Crippen LogP contribution is -2.20. The molecule has 2 rings (SSSR count). The fourth-order valence-electron chi connectivity index (χ4n) is 1.92. The van der Waals surface area contributed by atoms with Crippen LogP contribution in [-0.4, -0.2) is 15.8 Å². The molecule has 0 aliphatic rings. The molecule has 2 aromatic rings. The number of nitro groups is 1. The molecule has 0 saturated heterocycles. The third-order valence-electron chi connectivity index (χ3n) is 3.28. The zero-order chi connectivity index (χ0) is 17.7. The maximum Gasteiger partial charge on any atom is 0.276 e. The summed E-state index contributed by atoms with van der Waals surface area (Å²) in [5, 5.41) is 16.5. The minimum Gasteiger partial charge on any atom is -0.346 e. The smallest absolute Gasteiger partial charge is 0.276 e. The summed E-state index contributed by atoms with van der Waals surface area (Å²) < 4.78 is 0. The zero-order valence-electron chi connectivity index (χ0n) is 13.8. The van der Waals surface area contributed by atoms with Crippen LogP contribution in [0.4, 0.5) is 5.69 Å². The van der Waals surface area contributed by atoms with Crippen LogP contribution in [0.1, 0.15) is 37.0 Å². The van der Waals surface area contributed by atoms with Crippen LogP contribution in [0.2, 0.25) is 0 Å². The Morgan fingerprint density at radius 2 is 2.08 bits per heavy atom. The zero-order valence-corrected chi connectivity index (χ0v) is 14.6. The summed E-state index contributed by atoms with van der Waals surface area (Å²) in [6, 6.07) is 6.28. The summed E-state index contributed by atoms with van der Waals surface area (Å²) in [4.78, 5) is 26.8. The summed E-state index contributed by atoms with van der Waals surface area (Å²) in [5.74, 6) is -0.319. The van der Waals surface area contributed by atoms with Gasteiger partial charge < -0.3 is 5.32 Å². The van der Waals surface area contributed by atoms with Crippen molar-refractivity contribution < 1.29 is 9.72 Å². The van der Waals surface area contributed by atoms with E-state index in [1.54, 1.807) is 18.2 Å². The number of aromatic nitrogens is 1. The van der Waals surface area contributed by atoms with Gasteiger partial charge in [0.1, 0.15) is 5.01 Å². The van der Waals surface area contributed by atoms with E-state index >= 15 is 0 Å². The highest BCUT2D eigenvalue weighted by Gasteiger charge is 2.17. The number of rotatable bonds is 5. The van der Waals surface area contributed by atoms with Gasteiger partial charge in [-0.25, -0.2) is 4.98 Å². The number of hydrogen-bond donors (Lipinski definition) is 1. The molecule has 0 fully saturated rings. The first-order valence-corrected chi connectivity index (χ1v) is 8.29. The van der Waals surface area contributed by atoms with Gasteiger partial charge in [0.2, 0.25) is 5.91 Å². The fourth-order valence-corrected chi connectivity index (χ4v) is 2.88. The molecule has 1 heterocycles. The van der Waals surface area contributed by atoms with Gasteiger partial charge in [0.05, 0.1) is 22.7 Å². The molecule has 0 aliphatic carbocycles. The number of carbonyl (C=O) groups excluding carboxylic acids is 1. The van der Waals surface area contributed by atoms with Crippen LogP contribution >= 0.6 is 11.3 Å². The topological polar surface area (TPSA) is 85.1 Å². The number of nitrogens with one attached hydrogen (secondary N) is 1.